The number of nitrogens with zero attached hydrogens (tertiary/aromatic N) is 3. The molecule has 2 heterocycles. The number of carbonyl (C=O) groups is 2. The summed E-state index contributed by atoms with van der Waals surface area (Å²) in [5.74, 6) is 0.924. The number of anilines is 3. The molecule has 1 aliphatic rings. The summed E-state index contributed by atoms with van der Waals surface area (Å²) in [7, 11) is 0. The van der Waals surface area contributed by atoms with Gasteiger partial charge < -0.3 is 15.5 Å². The van der Waals surface area contributed by atoms with E-state index in [0.717, 1.165) is 31.6 Å². The average Bonchev–Trinajstić information content (AvgIpc) is 2.62. The van der Waals surface area contributed by atoms with Crippen LogP contribution < -0.4 is 10.6 Å². The Morgan fingerprint density at radius 3 is 2.42 bits per heavy atom. The Hall–Kier alpha value is -2.96. The van der Waals surface area contributed by atoms with Gasteiger partial charge in [0.2, 0.25) is 11.9 Å². The summed E-state index contributed by atoms with van der Waals surface area (Å²) < 4.78 is 0. The molecule has 0 saturated carbocycles. The molecular weight excluding hydrogens is 330 g/mol. The minimum absolute atomic E-state index is 0.0175. The van der Waals surface area contributed by atoms with Crippen LogP contribution in [0.4, 0.5) is 17.3 Å². The van der Waals surface area contributed by atoms with Gasteiger partial charge in [0.05, 0.1) is 5.56 Å². The number of hydrogen-bond acceptors (Lipinski definition) is 5. The molecule has 0 atom stereocenters. The highest BCUT2D eigenvalue weighted by atomic mass is 16.2. The van der Waals surface area contributed by atoms with Crippen LogP contribution in [-0.2, 0) is 4.79 Å². The number of hydrogen-bond donors (Lipinski definition) is 2. The van der Waals surface area contributed by atoms with Gasteiger partial charge in [-0.1, -0.05) is 13.0 Å². The predicted molar refractivity (Wildman–Crippen MR) is 100 cm³/mol. The number of likely N-dealkylation sites (tertiary alicyclic amines) is 1. The van der Waals surface area contributed by atoms with Crippen molar-refractivity contribution in [1.82, 2.24) is 14.9 Å². The van der Waals surface area contributed by atoms with Crippen molar-refractivity contribution >= 4 is 29.1 Å². The van der Waals surface area contributed by atoms with Crippen LogP contribution in [0.1, 0.15) is 37.0 Å². The molecular formula is C19H23N5O2. The van der Waals surface area contributed by atoms with Gasteiger partial charge in [-0.25, -0.2) is 9.97 Å². The third kappa shape index (κ3) is 4.56. The highest BCUT2D eigenvalue weighted by Crippen LogP contribution is 2.20. The Labute approximate surface area is 152 Å². The minimum atomic E-state index is -0.131. The zero-order chi connectivity index (χ0) is 18.5. The van der Waals surface area contributed by atoms with Crippen LogP contribution in [0.15, 0.2) is 36.7 Å². The van der Waals surface area contributed by atoms with Crippen LogP contribution >= 0.6 is 0 Å². The zero-order valence-electron chi connectivity index (χ0n) is 15.0. The standard InChI is InChI=1S/C19H23N5O2/c1-13-6-8-24(9-7-13)18(26)15-11-20-19(21-12-15)23-17-5-3-4-16(10-17)22-14(2)25/h3-5,10-13H,6-9H2,1-2H3,(H,22,25)(H,20,21,23). The van der Waals surface area contributed by atoms with Crippen molar-refractivity contribution in [2.75, 3.05) is 23.7 Å². The summed E-state index contributed by atoms with van der Waals surface area (Å²) in [6.45, 7) is 5.25. The topological polar surface area (TPSA) is 87.2 Å². The van der Waals surface area contributed by atoms with Crippen LogP contribution in [0.3, 0.4) is 0 Å². The van der Waals surface area contributed by atoms with E-state index in [-0.39, 0.29) is 11.8 Å². The zero-order valence-corrected chi connectivity index (χ0v) is 15.0. The molecule has 7 nitrogen and oxygen atoms in total. The summed E-state index contributed by atoms with van der Waals surface area (Å²) in [6.07, 6.45) is 5.18. The van der Waals surface area contributed by atoms with Crippen LogP contribution in [0, 0.1) is 5.92 Å². The number of benzene rings is 1. The van der Waals surface area contributed by atoms with E-state index in [4.69, 9.17) is 0 Å². The minimum Gasteiger partial charge on any atom is -0.339 e. The molecule has 0 bridgehead atoms. The monoisotopic (exact) mass is 353 g/mol. The SMILES string of the molecule is CC(=O)Nc1cccc(Nc2ncc(C(=O)N3CCC(C)CC3)cn2)c1. The van der Waals surface area contributed by atoms with Crippen molar-refractivity contribution in [3.63, 3.8) is 0 Å². The Balaban J connectivity index is 1.64. The molecule has 136 valence electrons. The van der Waals surface area contributed by atoms with Crippen LogP contribution in [0.5, 0.6) is 0 Å². The molecule has 3 rings (SSSR count). The molecule has 1 aromatic heterocycles. The molecule has 0 aliphatic carbocycles. The van der Waals surface area contributed by atoms with Crippen molar-refractivity contribution in [3.05, 3.63) is 42.2 Å². The maximum Gasteiger partial charge on any atom is 0.256 e. The Bertz CT molecular complexity index is 783. The molecule has 0 radical (unpaired) electrons. The number of rotatable bonds is 4. The second-order valence-corrected chi connectivity index (χ2v) is 6.66. The van der Waals surface area contributed by atoms with Crippen LogP contribution in [0.25, 0.3) is 0 Å². The normalized spacial score (nSPS) is 14.8. The molecule has 2 aromatic rings. The first-order valence-electron chi connectivity index (χ1n) is 8.77. The Morgan fingerprint density at radius 1 is 1.12 bits per heavy atom. The molecule has 1 fully saturated rings. The first-order chi connectivity index (χ1) is 12.5. The van der Waals surface area contributed by atoms with E-state index < -0.39 is 0 Å². The molecule has 0 unspecified atom stereocenters. The van der Waals surface area contributed by atoms with Crippen LogP contribution in [0.2, 0.25) is 0 Å². The van der Waals surface area contributed by atoms with Crippen molar-refractivity contribution < 1.29 is 9.59 Å². The largest absolute Gasteiger partial charge is 0.339 e. The van der Waals surface area contributed by atoms with Crippen LogP contribution in [-0.4, -0.2) is 39.8 Å². The lowest BCUT2D eigenvalue weighted by Gasteiger charge is -2.30. The van der Waals surface area contributed by atoms with Gasteiger partial charge in [0, 0.05) is 43.8 Å². The maximum absolute atomic E-state index is 12.5. The molecule has 0 spiro atoms. The summed E-state index contributed by atoms with van der Waals surface area (Å²) in [5.41, 5.74) is 1.94. The van der Waals surface area contributed by atoms with E-state index in [1.54, 1.807) is 24.5 Å². The summed E-state index contributed by atoms with van der Waals surface area (Å²) in [6, 6.07) is 7.26. The van der Waals surface area contributed by atoms with Gasteiger partial charge in [-0.3, -0.25) is 9.59 Å². The first-order valence-corrected chi connectivity index (χ1v) is 8.77. The van der Waals surface area contributed by atoms with Crippen molar-refractivity contribution in [2.45, 2.75) is 26.7 Å². The van der Waals surface area contributed by atoms with Crippen molar-refractivity contribution in [3.8, 4) is 0 Å². The molecule has 1 aromatic carbocycles. The number of carbonyl (C=O) groups excluding carboxylic acids is 2. The second-order valence-electron chi connectivity index (χ2n) is 6.66. The molecule has 2 amide bonds. The summed E-state index contributed by atoms with van der Waals surface area (Å²) >= 11 is 0. The molecule has 1 aliphatic heterocycles. The molecule has 26 heavy (non-hydrogen) atoms. The van der Waals surface area contributed by atoms with Gasteiger partial charge >= 0.3 is 0 Å². The number of amides is 2. The first kappa shape index (κ1) is 17.8. The van der Waals surface area contributed by atoms with Gasteiger partial charge in [-0.05, 0) is 37.0 Å². The fourth-order valence-electron chi connectivity index (χ4n) is 2.90. The van der Waals surface area contributed by atoms with Gasteiger partial charge in [0.25, 0.3) is 5.91 Å². The second kappa shape index (κ2) is 7.95. The van der Waals surface area contributed by atoms with Gasteiger partial charge in [-0.15, -0.1) is 0 Å². The lowest BCUT2D eigenvalue weighted by Crippen LogP contribution is -2.38. The van der Waals surface area contributed by atoms with Crippen molar-refractivity contribution in [1.29, 1.82) is 0 Å². The van der Waals surface area contributed by atoms with Gasteiger partial charge in [0.15, 0.2) is 0 Å². The quantitative estimate of drug-likeness (QED) is 0.882. The van der Waals surface area contributed by atoms with Gasteiger partial charge in [0.1, 0.15) is 0 Å². The maximum atomic E-state index is 12.5. The number of nitrogens with one attached hydrogen (secondary N) is 2. The van der Waals surface area contributed by atoms with E-state index in [1.807, 2.05) is 17.0 Å². The third-order valence-electron chi connectivity index (χ3n) is 4.41. The molecule has 7 heteroatoms. The fraction of sp³-hybridized carbons (Fsp3) is 0.368. The third-order valence-corrected chi connectivity index (χ3v) is 4.41. The Kier molecular flexibility index (Phi) is 5.46. The van der Waals surface area contributed by atoms with E-state index in [9.17, 15) is 9.59 Å². The van der Waals surface area contributed by atoms with Crippen molar-refractivity contribution in [2.24, 2.45) is 5.92 Å². The summed E-state index contributed by atoms with van der Waals surface area (Å²) in [5, 5.41) is 5.80. The molecule has 2 N–H and O–H groups in total. The smallest absolute Gasteiger partial charge is 0.256 e. The number of piperidine rings is 1. The lowest BCUT2D eigenvalue weighted by molar-refractivity contribution is -0.114. The Morgan fingerprint density at radius 2 is 1.77 bits per heavy atom. The van der Waals surface area contributed by atoms with E-state index in [2.05, 4.69) is 27.5 Å². The fourth-order valence-corrected chi connectivity index (χ4v) is 2.90. The molecule has 1 saturated heterocycles. The highest BCUT2D eigenvalue weighted by Gasteiger charge is 2.21. The highest BCUT2D eigenvalue weighted by molar-refractivity contribution is 5.93. The lowest BCUT2D eigenvalue weighted by atomic mass is 9.99. The van der Waals surface area contributed by atoms with E-state index >= 15 is 0 Å². The average molecular weight is 353 g/mol. The van der Waals surface area contributed by atoms with Gasteiger partial charge in [-0.2, -0.15) is 0 Å². The van der Waals surface area contributed by atoms with E-state index in [0.29, 0.717) is 23.1 Å². The van der Waals surface area contributed by atoms with E-state index in [1.165, 1.54) is 6.92 Å². The number of aromatic nitrogens is 2. The summed E-state index contributed by atoms with van der Waals surface area (Å²) in [4.78, 5) is 34.0. The predicted octanol–water partition coefficient (Wildman–Crippen LogP) is 3.05.